The number of anilines is 1. The van der Waals surface area contributed by atoms with Crippen molar-refractivity contribution < 1.29 is 0 Å². The Bertz CT molecular complexity index is 1160. The van der Waals surface area contributed by atoms with Crippen LogP contribution in [0.5, 0.6) is 0 Å². The average Bonchev–Trinajstić information content (AvgIpc) is 3.43. The third-order valence-corrected chi connectivity index (χ3v) is 8.06. The highest BCUT2D eigenvalue weighted by Crippen LogP contribution is 2.34. The lowest BCUT2D eigenvalue weighted by Crippen LogP contribution is -2.53. The molecule has 0 bridgehead atoms. The SMILES string of the molecule is Cc1nn([C@H](C)c2ccc(Cl)cc2Cl)c2nc(N3C[C@@H](C)[C@@H](N4CCCC4)C[C@@H]3C)cnc12. The minimum absolute atomic E-state index is 0.0900. The number of halogens is 2. The van der Waals surface area contributed by atoms with Crippen molar-refractivity contribution in [1.82, 2.24) is 24.6 Å². The lowest BCUT2D eigenvalue weighted by atomic mass is 9.88. The molecule has 4 heterocycles. The molecule has 0 radical (unpaired) electrons. The monoisotopic (exact) mass is 486 g/mol. The Morgan fingerprint density at radius 2 is 1.88 bits per heavy atom. The van der Waals surface area contributed by atoms with Crippen molar-refractivity contribution in [3.8, 4) is 0 Å². The fourth-order valence-electron chi connectivity index (χ4n) is 5.64. The van der Waals surface area contributed by atoms with Crippen LogP contribution >= 0.6 is 23.2 Å². The van der Waals surface area contributed by atoms with Gasteiger partial charge in [0.1, 0.15) is 11.3 Å². The van der Waals surface area contributed by atoms with Gasteiger partial charge < -0.3 is 4.90 Å². The van der Waals surface area contributed by atoms with E-state index in [9.17, 15) is 0 Å². The van der Waals surface area contributed by atoms with Gasteiger partial charge in [0, 0.05) is 28.7 Å². The summed E-state index contributed by atoms with van der Waals surface area (Å²) < 4.78 is 1.95. The summed E-state index contributed by atoms with van der Waals surface area (Å²) in [4.78, 5) is 15.0. The molecule has 8 heteroatoms. The summed E-state index contributed by atoms with van der Waals surface area (Å²) in [7, 11) is 0. The van der Waals surface area contributed by atoms with Crippen LogP contribution in [-0.2, 0) is 0 Å². The van der Waals surface area contributed by atoms with Gasteiger partial charge in [-0.3, -0.25) is 4.90 Å². The Balaban J connectivity index is 1.47. The van der Waals surface area contributed by atoms with Gasteiger partial charge in [-0.15, -0.1) is 0 Å². The minimum atomic E-state index is -0.0900. The molecule has 0 amide bonds. The summed E-state index contributed by atoms with van der Waals surface area (Å²) in [5, 5.41) is 6.05. The van der Waals surface area contributed by atoms with E-state index in [1.165, 1.54) is 25.9 Å². The van der Waals surface area contributed by atoms with Crippen LogP contribution in [0.25, 0.3) is 11.2 Å². The second-order valence-corrected chi connectivity index (χ2v) is 10.6. The molecule has 1 aromatic carbocycles. The minimum Gasteiger partial charge on any atom is -0.352 e. The zero-order chi connectivity index (χ0) is 23.3. The topological polar surface area (TPSA) is 50.1 Å². The molecule has 2 aromatic heterocycles. The molecular formula is C25H32Cl2N6. The molecule has 0 spiro atoms. The number of fused-ring (bicyclic) bond motifs is 1. The van der Waals surface area contributed by atoms with Crippen LogP contribution in [0.15, 0.2) is 24.4 Å². The van der Waals surface area contributed by atoms with Crippen LogP contribution in [-0.4, -0.2) is 56.4 Å². The highest BCUT2D eigenvalue weighted by Gasteiger charge is 2.36. The van der Waals surface area contributed by atoms with Crippen LogP contribution in [0.1, 0.15) is 57.3 Å². The molecule has 176 valence electrons. The van der Waals surface area contributed by atoms with Gasteiger partial charge in [0.05, 0.1) is 17.9 Å². The number of piperidine rings is 1. The number of rotatable bonds is 4. The number of nitrogens with zero attached hydrogens (tertiary/aromatic N) is 6. The molecule has 2 saturated heterocycles. The summed E-state index contributed by atoms with van der Waals surface area (Å²) >= 11 is 12.6. The van der Waals surface area contributed by atoms with Gasteiger partial charge in [0.25, 0.3) is 0 Å². The Kier molecular flexibility index (Phi) is 6.27. The molecule has 2 fully saturated rings. The van der Waals surface area contributed by atoms with Gasteiger partial charge in [-0.2, -0.15) is 5.10 Å². The van der Waals surface area contributed by atoms with Crippen LogP contribution < -0.4 is 4.90 Å². The van der Waals surface area contributed by atoms with E-state index in [0.29, 0.717) is 28.0 Å². The fourth-order valence-corrected chi connectivity index (χ4v) is 6.21. The molecule has 2 aliphatic rings. The molecule has 6 nitrogen and oxygen atoms in total. The fraction of sp³-hybridized carbons (Fsp3) is 0.560. The van der Waals surface area contributed by atoms with E-state index in [2.05, 4.69) is 30.6 Å². The average molecular weight is 487 g/mol. The van der Waals surface area contributed by atoms with E-state index >= 15 is 0 Å². The molecule has 5 rings (SSSR count). The third kappa shape index (κ3) is 4.22. The van der Waals surface area contributed by atoms with E-state index < -0.39 is 0 Å². The van der Waals surface area contributed by atoms with Gasteiger partial charge in [-0.25, -0.2) is 14.6 Å². The number of hydrogen-bond donors (Lipinski definition) is 0. The van der Waals surface area contributed by atoms with Gasteiger partial charge in [-0.05, 0) is 76.7 Å². The first-order valence-corrected chi connectivity index (χ1v) is 12.8. The largest absolute Gasteiger partial charge is 0.352 e. The normalized spacial score (nSPS) is 25.2. The number of hydrogen-bond acceptors (Lipinski definition) is 5. The van der Waals surface area contributed by atoms with Crippen LogP contribution in [0.4, 0.5) is 5.82 Å². The standard InChI is InChI=1S/C25H32Cl2N6/c1-15-14-32(16(2)11-22(15)31-9-5-6-10-31)23-13-28-24-17(3)30-33(25(24)29-23)18(4)20-8-7-19(26)12-21(20)27/h7-8,12-13,15-16,18,22H,5-6,9-11,14H2,1-4H3/t15-,16+,18-,22+/m1/s1. The first-order chi connectivity index (χ1) is 15.8. The maximum absolute atomic E-state index is 6.51. The van der Waals surface area contributed by atoms with Crippen molar-refractivity contribution in [3.05, 3.63) is 45.7 Å². The Morgan fingerprint density at radius 3 is 2.61 bits per heavy atom. The second-order valence-electron chi connectivity index (χ2n) is 9.80. The van der Waals surface area contributed by atoms with Gasteiger partial charge >= 0.3 is 0 Å². The van der Waals surface area contributed by atoms with E-state index in [0.717, 1.165) is 41.2 Å². The van der Waals surface area contributed by atoms with Gasteiger partial charge in [-0.1, -0.05) is 36.2 Å². The summed E-state index contributed by atoms with van der Waals surface area (Å²) in [5.41, 5.74) is 3.47. The van der Waals surface area contributed by atoms with Gasteiger partial charge in [0.15, 0.2) is 5.65 Å². The molecular weight excluding hydrogens is 455 g/mol. The quantitative estimate of drug-likeness (QED) is 0.469. The predicted octanol–water partition coefficient (Wildman–Crippen LogP) is 5.75. The Labute approximate surface area is 205 Å². The molecule has 0 N–H and O–H groups in total. The molecule has 33 heavy (non-hydrogen) atoms. The number of aryl methyl sites for hydroxylation is 1. The Hall–Kier alpha value is -1.89. The molecule has 2 aliphatic heterocycles. The first-order valence-electron chi connectivity index (χ1n) is 12.0. The summed E-state index contributed by atoms with van der Waals surface area (Å²) in [6, 6.07) is 6.59. The molecule has 4 atom stereocenters. The van der Waals surface area contributed by atoms with Crippen molar-refractivity contribution in [3.63, 3.8) is 0 Å². The number of aromatic nitrogens is 4. The second kappa shape index (κ2) is 9.05. The van der Waals surface area contributed by atoms with E-state index in [1.807, 2.05) is 29.9 Å². The van der Waals surface area contributed by atoms with Gasteiger partial charge in [0.2, 0.25) is 0 Å². The summed E-state index contributed by atoms with van der Waals surface area (Å²) in [5.74, 6) is 1.52. The number of likely N-dealkylation sites (tertiary alicyclic amines) is 1. The van der Waals surface area contributed by atoms with E-state index in [1.54, 1.807) is 6.07 Å². The van der Waals surface area contributed by atoms with Crippen LogP contribution in [0.2, 0.25) is 10.0 Å². The lowest BCUT2D eigenvalue weighted by molar-refractivity contribution is 0.143. The Morgan fingerprint density at radius 1 is 1.12 bits per heavy atom. The summed E-state index contributed by atoms with van der Waals surface area (Å²) in [6.45, 7) is 12.3. The summed E-state index contributed by atoms with van der Waals surface area (Å²) in [6.07, 6.45) is 5.75. The third-order valence-electron chi connectivity index (χ3n) is 7.50. The van der Waals surface area contributed by atoms with Crippen molar-refractivity contribution in [2.24, 2.45) is 5.92 Å². The predicted molar refractivity (Wildman–Crippen MR) is 136 cm³/mol. The maximum atomic E-state index is 6.51. The van der Waals surface area contributed by atoms with Crippen LogP contribution in [0.3, 0.4) is 0 Å². The zero-order valence-electron chi connectivity index (χ0n) is 19.8. The lowest BCUT2D eigenvalue weighted by Gasteiger charge is -2.45. The first kappa shape index (κ1) is 22.9. The smallest absolute Gasteiger partial charge is 0.179 e. The molecule has 0 aliphatic carbocycles. The van der Waals surface area contributed by atoms with Crippen molar-refractivity contribution in [2.45, 2.75) is 65.1 Å². The highest BCUT2D eigenvalue weighted by molar-refractivity contribution is 6.35. The van der Waals surface area contributed by atoms with E-state index in [4.69, 9.17) is 38.3 Å². The van der Waals surface area contributed by atoms with Crippen LogP contribution in [0, 0.1) is 12.8 Å². The number of benzene rings is 1. The molecule has 0 unspecified atom stereocenters. The zero-order valence-corrected chi connectivity index (χ0v) is 21.3. The highest BCUT2D eigenvalue weighted by atomic mass is 35.5. The molecule has 3 aromatic rings. The van der Waals surface area contributed by atoms with Crippen molar-refractivity contribution in [1.29, 1.82) is 0 Å². The maximum Gasteiger partial charge on any atom is 0.179 e. The molecule has 0 saturated carbocycles. The van der Waals surface area contributed by atoms with E-state index in [-0.39, 0.29) is 6.04 Å². The van der Waals surface area contributed by atoms with Crippen molar-refractivity contribution in [2.75, 3.05) is 24.5 Å². The van der Waals surface area contributed by atoms with Crippen molar-refractivity contribution >= 4 is 40.2 Å².